The molecule has 1 aromatic carbocycles. The van der Waals surface area contributed by atoms with E-state index in [4.69, 9.17) is 16.3 Å². The molecule has 1 saturated heterocycles. The third kappa shape index (κ3) is 7.48. The van der Waals surface area contributed by atoms with Gasteiger partial charge in [-0.3, -0.25) is 14.5 Å². The van der Waals surface area contributed by atoms with E-state index in [0.29, 0.717) is 10.4 Å². The third-order valence-corrected chi connectivity index (χ3v) is 7.17. The number of alkyl halides is 5. The molecule has 0 atom stereocenters. The van der Waals surface area contributed by atoms with E-state index in [1.54, 1.807) is 6.92 Å². The third-order valence-electron chi connectivity index (χ3n) is 5.29. The quantitative estimate of drug-likeness (QED) is 0.313. The number of amides is 1. The zero-order valence-corrected chi connectivity index (χ0v) is 22.6. The number of aryl methyl sites for hydroxylation is 1. The lowest BCUT2D eigenvalue weighted by molar-refractivity contribution is -0.153. The molecule has 1 fully saturated rings. The number of nitrogens with zero attached hydrogens (tertiary/aromatic N) is 2. The minimum absolute atomic E-state index is 0.00507. The van der Waals surface area contributed by atoms with Gasteiger partial charge in [0, 0.05) is 27.2 Å². The average molecular weight is 611 g/mol. The first-order chi connectivity index (χ1) is 18.0. The fourth-order valence-electron chi connectivity index (χ4n) is 3.73. The van der Waals surface area contributed by atoms with Crippen molar-refractivity contribution in [1.82, 2.24) is 4.98 Å². The van der Waals surface area contributed by atoms with Crippen LogP contribution in [0.5, 0.6) is 5.75 Å². The topological polar surface area (TPSA) is 101 Å². The monoisotopic (exact) mass is 610 g/mol. The molecule has 0 bridgehead atoms. The van der Waals surface area contributed by atoms with Gasteiger partial charge in [-0.05, 0) is 31.2 Å². The van der Waals surface area contributed by atoms with Gasteiger partial charge in [0.1, 0.15) is 11.4 Å². The largest absolute Gasteiger partial charge is 0.482 e. The minimum Gasteiger partial charge on any atom is -0.482 e. The van der Waals surface area contributed by atoms with Gasteiger partial charge in [-0.2, -0.15) is 13.2 Å². The number of hydrogen-bond acceptors (Lipinski definition) is 7. The number of sulfonamides is 1. The molecule has 1 aliphatic heterocycles. The van der Waals surface area contributed by atoms with Crippen LogP contribution < -0.4 is 19.7 Å². The van der Waals surface area contributed by atoms with E-state index in [0.717, 1.165) is 17.6 Å². The molecule has 1 aliphatic rings. The number of hydrogen-bond donors (Lipinski definition) is 2. The molecule has 8 nitrogen and oxygen atoms in total. The fourth-order valence-corrected chi connectivity index (χ4v) is 5.43. The van der Waals surface area contributed by atoms with Crippen molar-refractivity contribution in [2.45, 2.75) is 19.0 Å². The van der Waals surface area contributed by atoms with Gasteiger partial charge in [0.05, 0.1) is 41.8 Å². The summed E-state index contributed by atoms with van der Waals surface area (Å²) in [4.78, 5) is 19.1. The molecule has 3 aromatic rings. The van der Waals surface area contributed by atoms with Gasteiger partial charge in [0.25, 0.3) is 11.8 Å². The predicted octanol–water partition coefficient (Wildman–Crippen LogP) is 5.79. The van der Waals surface area contributed by atoms with Gasteiger partial charge in [-0.1, -0.05) is 11.6 Å². The summed E-state index contributed by atoms with van der Waals surface area (Å²) in [5.74, 6) is -3.78. The Morgan fingerprint density at radius 2 is 1.85 bits per heavy atom. The molecule has 0 spiro atoms. The Morgan fingerprint density at radius 3 is 2.46 bits per heavy atom. The molecule has 2 N–H and O–H groups in total. The van der Waals surface area contributed by atoms with Gasteiger partial charge in [0.15, 0.2) is 6.61 Å². The van der Waals surface area contributed by atoms with Crippen molar-refractivity contribution in [2.75, 3.05) is 40.9 Å². The summed E-state index contributed by atoms with van der Waals surface area (Å²) in [6.07, 6.45) is -2.45. The summed E-state index contributed by atoms with van der Waals surface area (Å²) in [6.45, 7) is -1.20. The lowest BCUT2D eigenvalue weighted by atomic mass is 10.1. The van der Waals surface area contributed by atoms with Crippen molar-refractivity contribution in [3.8, 4) is 17.0 Å². The standard InChI is InChI=1S/C23H20ClF5N4O4S2/c1-12-17(7-19(38-12)21(34)31-14-3-13(24)4-15(5-14)32-39(2,35)36)20-18(37-11-23(27,28)29)6-16(8-30-20)33-9-22(25,26)10-33/h3-8,32H,9-11H2,1-2H3,(H,31,34). The van der Waals surface area contributed by atoms with Crippen LogP contribution in [0.25, 0.3) is 11.3 Å². The molecule has 0 saturated carbocycles. The van der Waals surface area contributed by atoms with Crippen LogP contribution in [0, 0.1) is 6.92 Å². The molecule has 39 heavy (non-hydrogen) atoms. The minimum atomic E-state index is -4.66. The highest BCUT2D eigenvalue weighted by atomic mass is 35.5. The maximum Gasteiger partial charge on any atom is 0.422 e. The number of carbonyl (C=O) groups is 1. The number of aromatic nitrogens is 1. The lowest BCUT2D eigenvalue weighted by Gasteiger charge is -2.40. The number of pyridine rings is 1. The molecule has 0 aliphatic carbocycles. The van der Waals surface area contributed by atoms with E-state index in [1.807, 2.05) is 0 Å². The van der Waals surface area contributed by atoms with Crippen molar-refractivity contribution in [3.63, 3.8) is 0 Å². The average Bonchev–Trinajstić information content (AvgIpc) is 3.15. The number of nitrogens with one attached hydrogen (secondary N) is 2. The number of anilines is 3. The van der Waals surface area contributed by atoms with Crippen LogP contribution in [-0.2, 0) is 10.0 Å². The zero-order valence-electron chi connectivity index (χ0n) is 20.2. The SMILES string of the molecule is Cc1sc(C(=O)Nc2cc(Cl)cc(NS(C)(=O)=O)c2)cc1-c1ncc(N2CC(F)(F)C2)cc1OCC(F)(F)F. The molecule has 2 aromatic heterocycles. The van der Waals surface area contributed by atoms with Crippen LogP contribution in [0.1, 0.15) is 14.5 Å². The van der Waals surface area contributed by atoms with Crippen LogP contribution in [0.2, 0.25) is 5.02 Å². The van der Waals surface area contributed by atoms with E-state index in [1.165, 1.54) is 41.4 Å². The lowest BCUT2D eigenvalue weighted by Crippen LogP contribution is -2.56. The molecule has 0 unspecified atom stereocenters. The summed E-state index contributed by atoms with van der Waals surface area (Å²) >= 11 is 7.06. The van der Waals surface area contributed by atoms with Crippen LogP contribution in [0.3, 0.4) is 0 Å². The molecule has 210 valence electrons. The highest BCUT2D eigenvalue weighted by Gasteiger charge is 2.44. The summed E-state index contributed by atoms with van der Waals surface area (Å²) < 4.78 is 95.6. The van der Waals surface area contributed by atoms with Gasteiger partial charge in [-0.15, -0.1) is 11.3 Å². The Labute approximate surface area is 228 Å². The fraction of sp³-hybridized carbons (Fsp3) is 0.304. The second-order valence-corrected chi connectivity index (χ2v) is 12.2. The maximum absolute atomic E-state index is 13.3. The number of thiophene rings is 1. The summed E-state index contributed by atoms with van der Waals surface area (Å²) in [5.41, 5.74) is 0.805. The zero-order chi connectivity index (χ0) is 28.8. The van der Waals surface area contributed by atoms with Crippen molar-refractivity contribution < 1.29 is 39.9 Å². The van der Waals surface area contributed by atoms with Crippen molar-refractivity contribution in [2.24, 2.45) is 0 Å². The molecule has 4 rings (SSSR count). The van der Waals surface area contributed by atoms with Crippen LogP contribution >= 0.6 is 22.9 Å². The highest BCUT2D eigenvalue weighted by molar-refractivity contribution is 7.92. The van der Waals surface area contributed by atoms with E-state index in [2.05, 4.69) is 15.0 Å². The van der Waals surface area contributed by atoms with Crippen LogP contribution in [0.15, 0.2) is 36.5 Å². The summed E-state index contributed by atoms with van der Waals surface area (Å²) in [7, 11) is -3.60. The maximum atomic E-state index is 13.3. The molecule has 0 radical (unpaired) electrons. The van der Waals surface area contributed by atoms with Crippen LogP contribution in [-0.4, -0.2) is 57.4 Å². The van der Waals surface area contributed by atoms with Crippen LogP contribution in [0.4, 0.5) is 39.0 Å². The first-order valence-electron chi connectivity index (χ1n) is 11.0. The Balaban J connectivity index is 1.61. The summed E-state index contributed by atoms with van der Waals surface area (Å²) in [6, 6.07) is 6.73. The van der Waals surface area contributed by atoms with Gasteiger partial charge < -0.3 is 15.0 Å². The van der Waals surface area contributed by atoms with Crippen molar-refractivity contribution in [3.05, 3.63) is 51.3 Å². The molecule has 3 heterocycles. The predicted molar refractivity (Wildman–Crippen MR) is 139 cm³/mol. The van der Waals surface area contributed by atoms with Gasteiger partial charge >= 0.3 is 6.18 Å². The Morgan fingerprint density at radius 1 is 1.18 bits per heavy atom. The second-order valence-electron chi connectivity index (χ2n) is 8.79. The van der Waals surface area contributed by atoms with Gasteiger partial charge in [-0.25, -0.2) is 17.2 Å². The highest BCUT2D eigenvalue weighted by Crippen LogP contribution is 2.40. The van der Waals surface area contributed by atoms with E-state index in [-0.39, 0.29) is 38.4 Å². The molecular formula is C23H20ClF5N4O4S2. The number of benzene rings is 1. The summed E-state index contributed by atoms with van der Waals surface area (Å²) in [5, 5.41) is 2.75. The normalized spacial score (nSPS) is 15.0. The van der Waals surface area contributed by atoms with Crippen molar-refractivity contribution in [1.29, 1.82) is 0 Å². The Kier molecular flexibility index (Phi) is 7.71. The molecule has 16 heteroatoms. The number of ether oxygens (including phenoxy) is 1. The Bertz CT molecular complexity index is 1520. The second kappa shape index (κ2) is 10.4. The van der Waals surface area contributed by atoms with E-state index in [9.17, 15) is 35.2 Å². The van der Waals surface area contributed by atoms with E-state index < -0.39 is 47.7 Å². The Hall–Kier alpha value is -3.17. The smallest absolute Gasteiger partial charge is 0.422 e. The molecular weight excluding hydrogens is 591 g/mol. The first kappa shape index (κ1) is 28.8. The van der Waals surface area contributed by atoms with Gasteiger partial charge in [0.2, 0.25) is 10.0 Å². The van der Waals surface area contributed by atoms with Crippen molar-refractivity contribution >= 4 is 55.9 Å². The van der Waals surface area contributed by atoms with E-state index >= 15 is 0 Å². The number of carbonyl (C=O) groups excluding carboxylic acids is 1. The number of rotatable bonds is 8. The molecule has 1 amide bonds. The number of halogens is 6. The first-order valence-corrected chi connectivity index (χ1v) is 14.1.